The van der Waals surface area contributed by atoms with Crippen LogP contribution in [0.3, 0.4) is 0 Å². The van der Waals surface area contributed by atoms with E-state index >= 15 is 0 Å². The molecule has 1 aromatic heterocycles. The highest BCUT2D eigenvalue weighted by Gasteiger charge is 2.10. The highest BCUT2D eigenvalue weighted by Crippen LogP contribution is 2.34. The van der Waals surface area contributed by atoms with Crippen LogP contribution >= 0.6 is 35.4 Å². The lowest BCUT2D eigenvalue weighted by molar-refractivity contribution is 0.243. The van der Waals surface area contributed by atoms with E-state index in [9.17, 15) is 0 Å². The molecular weight excluding hydrogens is 331 g/mol. The molecule has 8 heteroatoms. The molecule has 1 N–H and O–H groups in total. The van der Waals surface area contributed by atoms with Crippen LogP contribution in [0.2, 0.25) is 10.0 Å². The van der Waals surface area contributed by atoms with Crippen LogP contribution in [-0.2, 0) is 0 Å². The second-order valence-electron chi connectivity index (χ2n) is 4.61. The second-order valence-corrected chi connectivity index (χ2v) is 5.81. The van der Waals surface area contributed by atoms with E-state index in [-0.39, 0.29) is 6.10 Å². The summed E-state index contributed by atoms with van der Waals surface area (Å²) in [5, 5.41) is 11.7. The third kappa shape index (κ3) is 3.84. The molecule has 0 saturated carbocycles. The fraction of sp³-hybridized carbons (Fsp3) is 0.308. The minimum Gasteiger partial charge on any atom is -0.488 e. The van der Waals surface area contributed by atoms with Crippen LogP contribution in [0.5, 0.6) is 5.75 Å². The van der Waals surface area contributed by atoms with Crippen molar-refractivity contribution in [2.45, 2.75) is 26.9 Å². The third-order valence-corrected chi connectivity index (χ3v) is 3.33. The Kier molecular flexibility index (Phi) is 5.03. The molecule has 21 heavy (non-hydrogen) atoms. The van der Waals surface area contributed by atoms with Gasteiger partial charge < -0.3 is 4.74 Å². The van der Waals surface area contributed by atoms with E-state index in [1.807, 2.05) is 13.8 Å². The van der Waals surface area contributed by atoms with Gasteiger partial charge in [0.25, 0.3) is 0 Å². The first-order valence-corrected chi connectivity index (χ1v) is 7.39. The molecule has 5 nitrogen and oxygen atoms in total. The fourth-order valence-electron chi connectivity index (χ4n) is 1.63. The van der Waals surface area contributed by atoms with Crippen LogP contribution in [0.1, 0.15) is 25.2 Å². The maximum absolute atomic E-state index is 6.18. The summed E-state index contributed by atoms with van der Waals surface area (Å²) >= 11 is 17.4. The summed E-state index contributed by atoms with van der Waals surface area (Å²) in [6.45, 7) is 5.61. The molecule has 112 valence electrons. The average molecular weight is 345 g/mol. The number of aryl methyl sites for hydroxylation is 1. The molecule has 0 aliphatic rings. The van der Waals surface area contributed by atoms with Crippen molar-refractivity contribution in [3.8, 4) is 5.75 Å². The Labute approximate surface area is 137 Å². The summed E-state index contributed by atoms with van der Waals surface area (Å²) in [5.74, 6) is 1.13. The Bertz CT molecular complexity index is 713. The number of aromatic amines is 1. The maximum atomic E-state index is 6.18. The Hall–Kier alpha value is -1.37. The van der Waals surface area contributed by atoms with Gasteiger partial charge in [0, 0.05) is 0 Å². The van der Waals surface area contributed by atoms with E-state index < -0.39 is 0 Å². The monoisotopic (exact) mass is 344 g/mol. The van der Waals surface area contributed by atoms with E-state index in [0.29, 0.717) is 26.4 Å². The van der Waals surface area contributed by atoms with Gasteiger partial charge >= 0.3 is 0 Å². The predicted octanol–water partition coefficient (Wildman–Crippen LogP) is 4.23. The van der Waals surface area contributed by atoms with Gasteiger partial charge in [0.05, 0.1) is 22.4 Å². The standard InChI is InChI=1S/C13H14Cl2N4OS/c1-7(2)20-12-10(14)4-9(5-11(12)15)6-16-19-8(3)17-18-13(19)21/h4-7H,1-3H3,(H,18,21)/b16-6-. The van der Waals surface area contributed by atoms with Gasteiger partial charge in [-0.15, -0.1) is 0 Å². The van der Waals surface area contributed by atoms with Crippen molar-refractivity contribution in [2.75, 3.05) is 0 Å². The predicted molar refractivity (Wildman–Crippen MR) is 87.4 cm³/mol. The van der Waals surface area contributed by atoms with Crippen molar-refractivity contribution in [3.05, 3.63) is 38.3 Å². The first-order chi connectivity index (χ1) is 9.88. The molecular formula is C13H14Cl2N4OS. The number of ether oxygens (including phenoxy) is 1. The Balaban J connectivity index is 2.32. The Morgan fingerprint density at radius 3 is 2.48 bits per heavy atom. The summed E-state index contributed by atoms with van der Waals surface area (Å²) < 4.78 is 7.50. The quantitative estimate of drug-likeness (QED) is 0.667. The number of H-pyrrole nitrogens is 1. The molecule has 0 atom stereocenters. The fourth-order valence-corrected chi connectivity index (χ4v) is 2.45. The lowest BCUT2D eigenvalue weighted by atomic mass is 10.2. The molecule has 0 radical (unpaired) electrons. The number of nitrogens with one attached hydrogen (secondary N) is 1. The van der Waals surface area contributed by atoms with E-state index in [4.69, 9.17) is 40.2 Å². The molecule has 2 aromatic rings. The maximum Gasteiger partial charge on any atom is 0.216 e. The SMILES string of the molecule is Cc1n[nH]c(=S)n1/N=C\c1cc(Cl)c(OC(C)C)c(Cl)c1. The second kappa shape index (κ2) is 6.60. The zero-order valence-electron chi connectivity index (χ0n) is 11.7. The van der Waals surface area contributed by atoms with Gasteiger partial charge in [-0.05, 0) is 50.7 Å². The average Bonchev–Trinajstić information content (AvgIpc) is 2.71. The van der Waals surface area contributed by atoms with E-state index in [1.165, 1.54) is 4.68 Å². The van der Waals surface area contributed by atoms with Gasteiger partial charge in [0.15, 0.2) is 5.75 Å². The zero-order chi connectivity index (χ0) is 15.6. The first-order valence-electron chi connectivity index (χ1n) is 6.22. The lowest BCUT2D eigenvalue weighted by Crippen LogP contribution is -2.06. The van der Waals surface area contributed by atoms with Crippen LogP contribution in [0, 0.1) is 11.7 Å². The van der Waals surface area contributed by atoms with Gasteiger partial charge in [-0.3, -0.25) is 5.10 Å². The van der Waals surface area contributed by atoms with E-state index in [0.717, 1.165) is 5.56 Å². The summed E-state index contributed by atoms with van der Waals surface area (Å²) in [5.41, 5.74) is 0.739. The molecule has 0 unspecified atom stereocenters. The van der Waals surface area contributed by atoms with Gasteiger partial charge in [-0.1, -0.05) is 23.2 Å². The largest absolute Gasteiger partial charge is 0.488 e. The number of aromatic nitrogens is 3. The van der Waals surface area contributed by atoms with Gasteiger partial charge in [-0.25, -0.2) is 0 Å². The number of halogens is 2. The lowest BCUT2D eigenvalue weighted by Gasteiger charge is -2.13. The third-order valence-electron chi connectivity index (χ3n) is 2.51. The Morgan fingerprint density at radius 1 is 1.38 bits per heavy atom. The van der Waals surface area contributed by atoms with Crippen molar-refractivity contribution in [3.63, 3.8) is 0 Å². The van der Waals surface area contributed by atoms with Crippen LogP contribution < -0.4 is 4.74 Å². The van der Waals surface area contributed by atoms with Crippen LogP contribution in [0.15, 0.2) is 17.2 Å². The highest BCUT2D eigenvalue weighted by molar-refractivity contribution is 7.71. The number of rotatable bonds is 4. The minimum atomic E-state index is -0.00794. The molecule has 1 heterocycles. The normalized spacial score (nSPS) is 11.5. The van der Waals surface area contributed by atoms with E-state index in [1.54, 1.807) is 25.3 Å². The number of hydrogen-bond acceptors (Lipinski definition) is 4. The van der Waals surface area contributed by atoms with Crippen molar-refractivity contribution >= 4 is 41.6 Å². The molecule has 0 fully saturated rings. The van der Waals surface area contributed by atoms with Crippen LogP contribution in [0.25, 0.3) is 0 Å². The Morgan fingerprint density at radius 2 is 2.00 bits per heavy atom. The van der Waals surface area contributed by atoms with Crippen molar-refractivity contribution in [1.82, 2.24) is 14.9 Å². The van der Waals surface area contributed by atoms with Crippen molar-refractivity contribution < 1.29 is 4.74 Å². The summed E-state index contributed by atoms with van der Waals surface area (Å²) in [6.07, 6.45) is 1.60. The molecule has 0 spiro atoms. The highest BCUT2D eigenvalue weighted by atomic mass is 35.5. The number of hydrogen-bond donors (Lipinski definition) is 1. The van der Waals surface area contributed by atoms with Crippen molar-refractivity contribution in [2.24, 2.45) is 5.10 Å². The minimum absolute atomic E-state index is 0.00794. The summed E-state index contributed by atoms with van der Waals surface area (Å²) in [7, 11) is 0. The first kappa shape index (κ1) is 16.0. The molecule has 1 aromatic carbocycles. The summed E-state index contributed by atoms with van der Waals surface area (Å²) in [6, 6.07) is 3.46. The van der Waals surface area contributed by atoms with Gasteiger partial charge in [-0.2, -0.15) is 14.9 Å². The van der Waals surface area contributed by atoms with Crippen LogP contribution in [0.4, 0.5) is 0 Å². The zero-order valence-corrected chi connectivity index (χ0v) is 14.1. The number of nitrogens with zero attached hydrogens (tertiary/aromatic N) is 3. The molecule has 0 bridgehead atoms. The number of benzene rings is 1. The smallest absolute Gasteiger partial charge is 0.216 e. The molecule has 0 amide bonds. The molecule has 0 aliphatic heterocycles. The van der Waals surface area contributed by atoms with Crippen LogP contribution in [-0.4, -0.2) is 27.2 Å². The molecule has 0 saturated heterocycles. The topological polar surface area (TPSA) is 55.2 Å². The van der Waals surface area contributed by atoms with Gasteiger partial charge in [0.2, 0.25) is 4.77 Å². The summed E-state index contributed by atoms with van der Waals surface area (Å²) in [4.78, 5) is 0. The molecule has 0 aliphatic carbocycles. The van der Waals surface area contributed by atoms with E-state index in [2.05, 4.69) is 15.3 Å². The molecule has 2 rings (SSSR count). The van der Waals surface area contributed by atoms with Gasteiger partial charge in [0.1, 0.15) is 5.82 Å². The van der Waals surface area contributed by atoms with Crippen molar-refractivity contribution in [1.29, 1.82) is 0 Å².